The van der Waals surface area contributed by atoms with Gasteiger partial charge >= 0.3 is 0 Å². The summed E-state index contributed by atoms with van der Waals surface area (Å²) >= 11 is 2.30. The minimum absolute atomic E-state index is 0.0216. The molecule has 3 aromatic heterocycles. The molecule has 8 nitrogen and oxygen atoms in total. The van der Waals surface area contributed by atoms with Crippen LogP contribution in [0, 0.1) is 0 Å². The zero-order valence-electron chi connectivity index (χ0n) is 18.6. The molecule has 170 valence electrons. The Kier molecular flexibility index (Phi) is 5.83. The summed E-state index contributed by atoms with van der Waals surface area (Å²) in [5.41, 5.74) is 4.45. The van der Waals surface area contributed by atoms with Gasteiger partial charge in [0, 0.05) is 96.8 Å². The molecule has 4 aromatic rings. The van der Waals surface area contributed by atoms with Crippen molar-refractivity contribution in [3.8, 4) is 11.1 Å². The molecule has 33 heavy (non-hydrogen) atoms. The third kappa shape index (κ3) is 3.89. The van der Waals surface area contributed by atoms with Gasteiger partial charge in [-0.1, -0.05) is 13.0 Å². The number of allylic oxidation sites excluding steroid dienone is 1. The molecule has 0 aliphatic carbocycles. The van der Waals surface area contributed by atoms with Crippen LogP contribution in [0.25, 0.3) is 39.3 Å². The molecule has 1 saturated heterocycles. The number of amides is 1. The summed E-state index contributed by atoms with van der Waals surface area (Å²) in [6, 6.07) is 5.75. The molecule has 0 unspecified atom stereocenters. The predicted octanol–water partition coefficient (Wildman–Crippen LogP) is 3.87. The lowest BCUT2D eigenvalue weighted by molar-refractivity contribution is 0.0711. The third-order valence-electron chi connectivity index (χ3n) is 6.13. The second-order valence-corrected chi connectivity index (χ2v) is 9.63. The molecule has 0 atom stereocenters. The number of nitrogens with one attached hydrogen (secondary N) is 1. The van der Waals surface area contributed by atoms with E-state index in [1.807, 2.05) is 53.9 Å². The van der Waals surface area contributed by atoms with Crippen LogP contribution in [0.4, 0.5) is 0 Å². The van der Waals surface area contributed by atoms with E-state index in [0.29, 0.717) is 24.2 Å². The lowest BCUT2D eigenvalue weighted by Crippen LogP contribution is -2.45. The van der Waals surface area contributed by atoms with E-state index < -0.39 is 0 Å². The van der Waals surface area contributed by atoms with Gasteiger partial charge in [-0.2, -0.15) is 0 Å². The summed E-state index contributed by atoms with van der Waals surface area (Å²) < 4.78 is 5.73. The molecule has 1 aromatic carbocycles. The van der Waals surface area contributed by atoms with Gasteiger partial charge in [-0.15, -0.1) is 0 Å². The Bertz CT molecular complexity index is 1440. The van der Waals surface area contributed by atoms with Gasteiger partial charge in [-0.3, -0.25) is 14.2 Å². The van der Waals surface area contributed by atoms with Crippen molar-refractivity contribution in [1.29, 1.82) is 0 Å². The van der Waals surface area contributed by atoms with Crippen molar-refractivity contribution in [1.82, 2.24) is 27.1 Å². The van der Waals surface area contributed by atoms with E-state index in [0.717, 1.165) is 47.1 Å². The minimum Gasteiger partial charge on any atom is -0.357 e. The first-order valence-corrected chi connectivity index (χ1v) is 12.0. The number of carbonyl (C=O) groups is 1. The Morgan fingerprint density at radius 2 is 2.00 bits per heavy atom. The first-order valence-electron chi connectivity index (χ1n) is 11.0. The van der Waals surface area contributed by atoms with Crippen LogP contribution < -0.4 is 5.56 Å². The maximum Gasteiger partial charge on any atom is 0.278 e. The van der Waals surface area contributed by atoms with Crippen LogP contribution in [0.15, 0.2) is 47.8 Å². The summed E-state index contributed by atoms with van der Waals surface area (Å²) in [7, 11) is 1.93. The molecule has 1 amide bonds. The van der Waals surface area contributed by atoms with Crippen molar-refractivity contribution in [3.63, 3.8) is 0 Å². The van der Waals surface area contributed by atoms with Crippen molar-refractivity contribution in [3.05, 3.63) is 58.9 Å². The maximum absolute atomic E-state index is 13.4. The van der Waals surface area contributed by atoms with Gasteiger partial charge in [0.1, 0.15) is 5.52 Å². The number of hydrogen-bond acceptors (Lipinski definition) is 4. The van der Waals surface area contributed by atoms with Crippen molar-refractivity contribution in [2.75, 3.05) is 26.2 Å². The van der Waals surface area contributed by atoms with Crippen LogP contribution in [0.3, 0.4) is 0 Å². The normalized spacial score (nSPS) is 15.3. The van der Waals surface area contributed by atoms with Crippen LogP contribution in [0.5, 0.6) is 0 Å². The monoisotopic (exact) mass is 556 g/mol. The highest BCUT2D eigenvalue weighted by atomic mass is 127. The summed E-state index contributed by atoms with van der Waals surface area (Å²) in [5.74, 6) is 0.0216. The number of aromatic nitrogens is 4. The third-order valence-corrected chi connectivity index (χ3v) is 7.10. The molecule has 0 saturated carbocycles. The van der Waals surface area contributed by atoms with Gasteiger partial charge in [0.2, 0.25) is 0 Å². The molecule has 0 radical (unpaired) electrons. The van der Waals surface area contributed by atoms with Crippen LogP contribution in [0.2, 0.25) is 0 Å². The molecular weight excluding hydrogens is 531 g/mol. The van der Waals surface area contributed by atoms with Gasteiger partial charge in [-0.25, -0.2) is 8.10 Å². The number of imidazole rings is 1. The van der Waals surface area contributed by atoms with E-state index in [-0.39, 0.29) is 11.5 Å². The highest BCUT2D eigenvalue weighted by Crippen LogP contribution is 2.33. The highest BCUT2D eigenvalue weighted by Gasteiger charge is 2.24. The number of halogens is 1. The van der Waals surface area contributed by atoms with Crippen LogP contribution in [-0.4, -0.2) is 59.2 Å². The number of fused-ring (bicyclic) bond motifs is 2. The second-order valence-electron chi connectivity index (χ2n) is 8.26. The fraction of sp³-hybridized carbons (Fsp3) is 0.292. The topological polar surface area (TPSA) is 79.2 Å². The van der Waals surface area contributed by atoms with Gasteiger partial charge < -0.3 is 14.5 Å². The van der Waals surface area contributed by atoms with E-state index in [9.17, 15) is 9.59 Å². The van der Waals surface area contributed by atoms with Crippen LogP contribution >= 0.6 is 22.9 Å². The molecule has 5 rings (SSSR count). The van der Waals surface area contributed by atoms with E-state index in [1.165, 1.54) is 0 Å². The predicted molar refractivity (Wildman–Crippen MR) is 139 cm³/mol. The molecule has 0 bridgehead atoms. The lowest BCUT2D eigenvalue weighted by atomic mass is 9.99. The zero-order valence-corrected chi connectivity index (χ0v) is 20.7. The molecule has 1 aliphatic heterocycles. The van der Waals surface area contributed by atoms with Crippen molar-refractivity contribution in [2.45, 2.75) is 13.3 Å². The maximum atomic E-state index is 13.4. The van der Waals surface area contributed by atoms with Gasteiger partial charge in [0.05, 0.1) is 17.4 Å². The van der Waals surface area contributed by atoms with Gasteiger partial charge in [0.15, 0.2) is 0 Å². The van der Waals surface area contributed by atoms with E-state index >= 15 is 0 Å². The number of nitrogens with zero attached hydrogens (tertiary/aromatic N) is 5. The number of rotatable bonds is 4. The zero-order chi connectivity index (χ0) is 23.1. The Labute approximate surface area is 205 Å². The number of H-pyrrole nitrogens is 1. The molecule has 1 N–H and O–H groups in total. The standard InChI is InChI=1S/C24H25IN6O2/c1-3-4-7-30-14-19(17-5-6-26-22(17)24(30)33)18-12-16(13-20-21(18)27-15-28(20)2)23(32)29-8-10-31(25)11-9-29/h4-7,12-15,26H,3,8-11H2,1-2H3/b7-4+. The van der Waals surface area contributed by atoms with Crippen molar-refractivity contribution in [2.24, 2.45) is 7.05 Å². The smallest absolute Gasteiger partial charge is 0.278 e. The number of aromatic amines is 1. The van der Waals surface area contributed by atoms with Crippen molar-refractivity contribution < 1.29 is 4.79 Å². The summed E-state index contributed by atoms with van der Waals surface area (Å²) in [4.78, 5) is 36.0. The Morgan fingerprint density at radius 1 is 1.21 bits per heavy atom. The number of aryl methyl sites for hydroxylation is 1. The van der Waals surface area contributed by atoms with E-state index in [1.54, 1.807) is 23.3 Å². The van der Waals surface area contributed by atoms with Gasteiger partial charge in [0.25, 0.3) is 11.5 Å². The average Bonchev–Trinajstić information content (AvgIpc) is 3.46. The SMILES string of the molecule is CC/C=C/n1cc(-c2cc(C(=O)N3CCN(I)CC3)cc3c2ncn3C)c2cc[nH]c2c1=O. The molecule has 1 fully saturated rings. The van der Waals surface area contributed by atoms with E-state index in [2.05, 4.69) is 35.9 Å². The van der Waals surface area contributed by atoms with Crippen molar-refractivity contribution >= 4 is 56.9 Å². The molecule has 0 spiro atoms. The molecule has 4 heterocycles. The fourth-order valence-electron chi connectivity index (χ4n) is 4.34. The Hall–Kier alpha value is -2.92. The number of carbonyl (C=O) groups excluding carboxylic acids is 1. The highest BCUT2D eigenvalue weighted by molar-refractivity contribution is 14.1. The second kappa shape index (κ2) is 8.79. The first-order chi connectivity index (χ1) is 16.0. The summed E-state index contributed by atoms with van der Waals surface area (Å²) in [5, 5.41) is 0.816. The quantitative estimate of drug-likeness (QED) is 0.306. The number of pyridine rings is 1. The Balaban J connectivity index is 1.72. The number of piperazine rings is 1. The minimum atomic E-state index is -0.107. The largest absolute Gasteiger partial charge is 0.357 e. The number of hydrogen-bond donors (Lipinski definition) is 1. The number of benzene rings is 1. The first kappa shape index (κ1) is 21.9. The lowest BCUT2D eigenvalue weighted by Gasteiger charge is -2.31. The van der Waals surface area contributed by atoms with E-state index in [4.69, 9.17) is 0 Å². The van der Waals surface area contributed by atoms with Crippen LogP contribution in [-0.2, 0) is 7.05 Å². The average molecular weight is 556 g/mol. The molecular formula is C24H25IN6O2. The molecule has 9 heteroatoms. The summed E-state index contributed by atoms with van der Waals surface area (Å²) in [6.07, 6.45) is 9.94. The Morgan fingerprint density at radius 3 is 2.76 bits per heavy atom. The summed E-state index contributed by atoms with van der Waals surface area (Å²) in [6.45, 7) is 5.14. The van der Waals surface area contributed by atoms with Crippen LogP contribution in [0.1, 0.15) is 23.7 Å². The van der Waals surface area contributed by atoms with Gasteiger partial charge in [-0.05, 0) is 24.6 Å². The molecule has 1 aliphatic rings. The fourth-order valence-corrected chi connectivity index (χ4v) is 4.77.